The van der Waals surface area contributed by atoms with Crippen molar-refractivity contribution in [3.05, 3.63) is 58.7 Å². The minimum Gasteiger partial charge on any atom is -0.504 e. The number of amides is 1. The van der Waals surface area contributed by atoms with E-state index in [1.165, 1.54) is 17.0 Å². The minimum atomic E-state index is -1.07. The number of morpholine rings is 1. The highest BCUT2D eigenvalue weighted by Crippen LogP contribution is 2.39. The number of nitrogens with zero attached hydrogens (tertiary/aromatic N) is 1. The van der Waals surface area contributed by atoms with Crippen LogP contribution in [0.2, 0.25) is 0 Å². The van der Waals surface area contributed by atoms with Crippen LogP contribution in [-0.2, 0) is 11.2 Å². The molecular weight excluding hydrogens is 350 g/mol. The number of hydrogen-bond acceptors (Lipinski definition) is 5. The second-order valence-corrected chi connectivity index (χ2v) is 6.37. The summed E-state index contributed by atoms with van der Waals surface area (Å²) in [6.07, 6.45) is -0.938. The molecule has 1 heterocycles. The number of carboxylic acid groups (broad SMARTS) is 1. The van der Waals surface area contributed by atoms with Gasteiger partial charge >= 0.3 is 6.09 Å². The summed E-state index contributed by atoms with van der Waals surface area (Å²) in [6, 6.07) is 9.95. The quantitative estimate of drug-likeness (QED) is 0.563. The van der Waals surface area contributed by atoms with Gasteiger partial charge in [-0.05, 0) is 18.1 Å². The Morgan fingerprint density at radius 1 is 1.11 bits per heavy atom. The average Bonchev–Trinajstić information content (AvgIpc) is 2.69. The summed E-state index contributed by atoms with van der Waals surface area (Å²) in [5.74, 6) is -1.41. The van der Waals surface area contributed by atoms with E-state index in [9.17, 15) is 19.8 Å². The predicted octanol–water partition coefficient (Wildman–Crippen LogP) is 2.94. The molecule has 2 aromatic carbocycles. The molecule has 2 aromatic rings. The molecule has 142 valence electrons. The summed E-state index contributed by atoms with van der Waals surface area (Å²) in [6.45, 7) is 2.47. The lowest BCUT2D eigenvalue weighted by molar-refractivity contribution is -0.0242. The third-order valence-corrected chi connectivity index (χ3v) is 4.74. The van der Waals surface area contributed by atoms with Crippen molar-refractivity contribution in [2.75, 3.05) is 19.7 Å². The van der Waals surface area contributed by atoms with E-state index in [2.05, 4.69) is 0 Å². The third-order valence-electron chi connectivity index (χ3n) is 4.74. The summed E-state index contributed by atoms with van der Waals surface area (Å²) in [5, 5.41) is 29.9. The molecule has 3 N–H and O–H groups in total. The van der Waals surface area contributed by atoms with Crippen molar-refractivity contribution in [2.45, 2.75) is 19.4 Å². The van der Waals surface area contributed by atoms with E-state index < -0.39 is 29.5 Å². The number of rotatable bonds is 4. The maximum absolute atomic E-state index is 12.7. The van der Waals surface area contributed by atoms with E-state index in [0.717, 1.165) is 12.0 Å². The molecule has 1 aliphatic heterocycles. The van der Waals surface area contributed by atoms with Gasteiger partial charge in [-0.1, -0.05) is 37.3 Å². The van der Waals surface area contributed by atoms with Crippen LogP contribution < -0.4 is 0 Å². The molecule has 1 fully saturated rings. The van der Waals surface area contributed by atoms with Crippen molar-refractivity contribution in [2.24, 2.45) is 0 Å². The number of ether oxygens (including phenoxy) is 1. The fourth-order valence-electron chi connectivity index (χ4n) is 3.10. The smallest absolute Gasteiger partial charge is 0.407 e. The van der Waals surface area contributed by atoms with Gasteiger partial charge in [0.2, 0.25) is 0 Å². The van der Waals surface area contributed by atoms with Gasteiger partial charge in [0, 0.05) is 17.7 Å². The summed E-state index contributed by atoms with van der Waals surface area (Å²) >= 11 is 0. The van der Waals surface area contributed by atoms with Gasteiger partial charge in [-0.2, -0.15) is 0 Å². The normalized spacial score (nSPS) is 16.9. The molecule has 1 unspecified atom stereocenters. The lowest BCUT2D eigenvalue weighted by atomic mass is 9.97. The standard InChI is InChI=1S/C20H21NO6/c1-2-12-3-5-13(6-4-12)17(22)15-8-7-14(18(23)19(15)24)16-11-21(20(25)26)9-10-27-16/h3-8,16,23-24H,2,9-11H2,1H3,(H,25,26). The van der Waals surface area contributed by atoms with Gasteiger partial charge in [0.15, 0.2) is 17.3 Å². The van der Waals surface area contributed by atoms with Gasteiger partial charge in [-0.3, -0.25) is 4.79 Å². The van der Waals surface area contributed by atoms with Crippen LogP contribution in [0.15, 0.2) is 36.4 Å². The lowest BCUT2D eigenvalue weighted by Crippen LogP contribution is -2.41. The second kappa shape index (κ2) is 7.67. The Kier molecular flexibility index (Phi) is 5.32. The number of ketones is 1. The van der Waals surface area contributed by atoms with Crippen LogP contribution in [0.1, 0.15) is 40.1 Å². The van der Waals surface area contributed by atoms with E-state index in [0.29, 0.717) is 5.56 Å². The van der Waals surface area contributed by atoms with E-state index in [4.69, 9.17) is 9.84 Å². The van der Waals surface area contributed by atoms with Gasteiger partial charge in [0.1, 0.15) is 6.10 Å². The molecule has 1 atom stereocenters. The first-order valence-electron chi connectivity index (χ1n) is 8.70. The average molecular weight is 371 g/mol. The van der Waals surface area contributed by atoms with Crippen molar-refractivity contribution >= 4 is 11.9 Å². The molecule has 7 nitrogen and oxygen atoms in total. The molecule has 3 rings (SSSR count). The SMILES string of the molecule is CCc1ccc(C(=O)c2ccc(C3CN(C(=O)O)CCO3)c(O)c2O)cc1. The summed E-state index contributed by atoms with van der Waals surface area (Å²) in [4.78, 5) is 25.0. The van der Waals surface area contributed by atoms with Crippen LogP contribution in [-0.4, -0.2) is 51.8 Å². The summed E-state index contributed by atoms with van der Waals surface area (Å²) < 4.78 is 5.53. The third kappa shape index (κ3) is 3.73. The van der Waals surface area contributed by atoms with Crippen LogP contribution in [0.25, 0.3) is 0 Å². The highest BCUT2D eigenvalue weighted by atomic mass is 16.5. The van der Waals surface area contributed by atoms with E-state index >= 15 is 0 Å². The topological polar surface area (TPSA) is 107 Å². The molecular formula is C20H21NO6. The van der Waals surface area contributed by atoms with E-state index in [1.807, 2.05) is 19.1 Å². The number of phenolic OH excluding ortho intramolecular Hbond substituents is 2. The van der Waals surface area contributed by atoms with E-state index in [1.54, 1.807) is 12.1 Å². The van der Waals surface area contributed by atoms with Crippen LogP contribution in [0.4, 0.5) is 4.79 Å². The molecule has 0 aromatic heterocycles. The highest BCUT2D eigenvalue weighted by Gasteiger charge is 2.29. The van der Waals surface area contributed by atoms with Gasteiger partial charge in [-0.15, -0.1) is 0 Å². The second-order valence-electron chi connectivity index (χ2n) is 6.37. The van der Waals surface area contributed by atoms with Gasteiger partial charge in [0.05, 0.1) is 18.7 Å². The van der Waals surface area contributed by atoms with Crippen LogP contribution in [0.5, 0.6) is 11.5 Å². The van der Waals surface area contributed by atoms with Gasteiger partial charge < -0.3 is 25.0 Å². The molecule has 0 aliphatic carbocycles. The molecule has 1 amide bonds. The number of aromatic hydroxyl groups is 2. The molecule has 0 spiro atoms. The monoisotopic (exact) mass is 371 g/mol. The van der Waals surface area contributed by atoms with Crippen LogP contribution in [0, 0.1) is 0 Å². The number of carbonyl (C=O) groups excluding carboxylic acids is 1. The summed E-state index contributed by atoms with van der Waals surface area (Å²) in [7, 11) is 0. The first kappa shape index (κ1) is 18.7. The number of aryl methyl sites for hydroxylation is 1. The lowest BCUT2D eigenvalue weighted by Gasteiger charge is -2.31. The van der Waals surface area contributed by atoms with Crippen LogP contribution in [0.3, 0.4) is 0 Å². The number of benzene rings is 2. The number of carbonyl (C=O) groups is 2. The van der Waals surface area contributed by atoms with Crippen molar-refractivity contribution in [1.29, 1.82) is 0 Å². The minimum absolute atomic E-state index is 0.0219. The maximum Gasteiger partial charge on any atom is 0.407 e. The molecule has 0 bridgehead atoms. The summed E-state index contributed by atoms with van der Waals surface area (Å²) in [5.41, 5.74) is 1.72. The Labute approximate surface area is 156 Å². The molecule has 7 heteroatoms. The van der Waals surface area contributed by atoms with Gasteiger partial charge in [0.25, 0.3) is 0 Å². The first-order chi connectivity index (χ1) is 12.9. The van der Waals surface area contributed by atoms with Crippen LogP contribution >= 0.6 is 0 Å². The Balaban J connectivity index is 1.88. The Bertz CT molecular complexity index is 862. The molecule has 0 saturated carbocycles. The fraction of sp³-hybridized carbons (Fsp3) is 0.300. The highest BCUT2D eigenvalue weighted by molar-refractivity contribution is 6.11. The van der Waals surface area contributed by atoms with E-state index in [-0.39, 0.29) is 30.8 Å². The Hall–Kier alpha value is -3.06. The zero-order valence-electron chi connectivity index (χ0n) is 14.9. The zero-order valence-corrected chi connectivity index (χ0v) is 14.9. The van der Waals surface area contributed by atoms with Gasteiger partial charge in [-0.25, -0.2) is 4.79 Å². The Morgan fingerprint density at radius 3 is 2.44 bits per heavy atom. The largest absolute Gasteiger partial charge is 0.504 e. The zero-order chi connectivity index (χ0) is 19.6. The van der Waals surface area contributed by atoms with Crippen molar-refractivity contribution in [3.8, 4) is 11.5 Å². The maximum atomic E-state index is 12.7. The van der Waals surface area contributed by atoms with Crippen molar-refractivity contribution in [1.82, 2.24) is 4.90 Å². The predicted molar refractivity (Wildman–Crippen MR) is 97.3 cm³/mol. The molecule has 1 aliphatic rings. The molecule has 0 radical (unpaired) electrons. The first-order valence-corrected chi connectivity index (χ1v) is 8.70. The molecule has 27 heavy (non-hydrogen) atoms. The van der Waals surface area contributed by atoms with Crippen molar-refractivity contribution in [3.63, 3.8) is 0 Å². The number of phenols is 2. The molecule has 1 saturated heterocycles. The van der Waals surface area contributed by atoms with Crippen molar-refractivity contribution < 1.29 is 29.6 Å². The Morgan fingerprint density at radius 2 is 1.81 bits per heavy atom. The number of hydrogen-bond donors (Lipinski definition) is 3. The fourth-order valence-corrected chi connectivity index (χ4v) is 3.10.